The van der Waals surface area contributed by atoms with Crippen molar-refractivity contribution < 1.29 is 8.76 Å². The van der Waals surface area contributed by atoms with Crippen molar-refractivity contribution in [3.05, 3.63) is 69.7 Å². The fourth-order valence-corrected chi connectivity index (χ4v) is 5.81. The molecule has 2 saturated heterocycles. The van der Waals surface area contributed by atoms with E-state index in [0.717, 1.165) is 88.5 Å². The fraction of sp³-hybridized carbons (Fsp3) is 0.520. The van der Waals surface area contributed by atoms with Gasteiger partial charge in [-0.15, -0.1) is 0 Å². The second kappa shape index (κ2) is 12.8. The minimum Gasteiger partial charge on any atom is -0.305 e. The standard InChI is InChI=1S/C25H34Cl2N4O2S/c26-23-5-1-21(2-6-23)19-29-13-11-28(12-14-29)10-9-25(34(32)33)31-17-15-30(16-18-31)20-22-3-7-24(27)8-4-22/h1-8,25H,9-20H2,(H,32,33). The third-order valence-corrected chi connectivity index (χ3v) is 8.35. The molecule has 0 aromatic heterocycles. The van der Waals surface area contributed by atoms with E-state index in [2.05, 4.69) is 43.9 Å². The van der Waals surface area contributed by atoms with E-state index in [0.29, 0.717) is 0 Å². The Bertz CT molecular complexity index is 916. The summed E-state index contributed by atoms with van der Waals surface area (Å²) in [5.41, 5.74) is 2.53. The molecule has 2 aromatic carbocycles. The minimum atomic E-state index is -1.85. The van der Waals surface area contributed by atoms with Gasteiger partial charge in [0.15, 0.2) is 11.1 Å². The van der Waals surface area contributed by atoms with E-state index < -0.39 is 11.1 Å². The highest BCUT2D eigenvalue weighted by molar-refractivity contribution is 7.79. The van der Waals surface area contributed by atoms with Crippen molar-refractivity contribution >= 4 is 34.3 Å². The van der Waals surface area contributed by atoms with E-state index in [9.17, 15) is 8.76 Å². The molecule has 9 heteroatoms. The molecule has 1 N–H and O–H groups in total. The minimum absolute atomic E-state index is 0.301. The SMILES string of the molecule is O=S(O)C(CCN1CCN(Cc2ccc(Cl)cc2)CC1)N1CCN(Cc2ccc(Cl)cc2)CC1. The Kier molecular flexibility index (Phi) is 9.80. The summed E-state index contributed by atoms with van der Waals surface area (Å²) in [6.45, 7) is 10.1. The number of benzene rings is 2. The molecule has 0 amide bonds. The zero-order valence-corrected chi connectivity index (χ0v) is 21.8. The molecule has 34 heavy (non-hydrogen) atoms. The largest absolute Gasteiger partial charge is 0.305 e. The van der Waals surface area contributed by atoms with Crippen LogP contribution in [0, 0.1) is 0 Å². The van der Waals surface area contributed by atoms with Crippen LogP contribution >= 0.6 is 23.2 Å². The Morgan fingerprint density at radius 3 is 1.56 bits per heavy atom. The fourth-order valence-electron chi connectivity index (χ4n) is 4.78. The van der Waals surface area contributed by atoms with Crippen LogP contribution in [0.25, 0.3) is 0 Å². The molecular weight excluding hydrogens is 491 g/mol. The van der Waals surface area contributed by atoms with Crippen LogP contribution in [-0.4, -0.2) is 92.6 Å². The average molecular weight is 526 g/mol. The molecule has 0 saturated carbocycles. The predicted octanol–water partition coefficient (Wildman–Crippen LogP) is 3.87. The third kappa shape index (κ3) is 7.73. The summed E-state index contributed by atoms with van der Waals surface area (Å²) >= 11 is 10.1. The summed E-state index contributed by atoms with van der Waals surface area (Å²) in [4.78, 5) is 9.48. The van der Waals surface area contributed by atoms with E-state index >= 15 is 0 Å². The molecule has 0 bridgehead atoms. The number of piperazine rings is 2. The first-order valence-electron chi connectivity index (χ1n) is 12.0. The van der Waals surface area contributed by atoms with Gasteiger partial charge in [-0.2, -0.15) is 0 Å². The van der Waals surface area contributed by atoms with Gasteiger partial charge in [-0.1, -0.05) is 47.5 Å². The molecular formula is C25H34Cl2N4O2S. The first-order valence-corrected chi connectivity index (χ1v) is 13.9. The molecule has 2 atom stereocenters. The topological polar surface area (TPSA) is 50.3 Å². The summed E-state index contributed by atoms with van der Waals surface area (Å²) in [6.07, 6.45) is 0.720. The molecule has 2 fully saturated rings. The van der Waals surface area contributed by atoms with Crippen LogP contribution < -0.4 is 0 Å². The van der Waals surface area contributed by atoms with E-state index in [-0.39, 0.29) is 5.37 Å². The molecule has 0 aliphatic carbocycles. The van der Waals surface area contributed by atoms with Gasteiger partial charge in [0.25, 0.3) is 0 Å². The number of rotatable bonds is 9. The van der Waals surface area contributed by atoms with Gasteiger partial charge in [-0.25, -0.2) is 4.21 Å². The first-order chi connectivity index (χ1) is 16.5. The normalized spacial score (nSPS) is 20.9. The number of nitrogens with zero attached hydrogens (tertiary/aromatic N) is 4. The lowest BCUT2D eigenvalue weighted by Crippen LogP contribution is -2.52. The number of hydrogen-bond donors (Lipinski definition) is 1. The highest BCUT2D eigenvalue weighted by atomic mass is 35.5. The smallest absolute Gasteiger partial charge is 0.170 e. The van der Waals surface area contributed by atoms with Crippen molar-refractivity contribution in [3.8, 4) is 0 Å². The van der Waals surface area contributed by atoms with Gasteiger partial charge >= 0.3 is 0 Å². The molecule has 4 rings (SSSR count). The molecule has 186 valence electrons. The molecule has 6 nitrogen and oxygen atoms in total. The van der Waals surface area contributed by atoms with Gasteiger partial charge in [-0.05, 0) is 41.8 Å². The Morgan fingerprint density at radius 1 is 0.706 bits per heavy atom. The lowest BCUT2D eigenvalue weighted by Gasteiger charge is -2.39. The molecule has 0 radical (unpaired) electrons. The predicted molar refractivity (Wildman–Crippen MR) is 141 cm³/mol. The summed E-state index contributed by atoms with van der Waals surface area (Å²) in [5.74, 6) is 0. The second-order valence-corrected chi connectivity index (χ2v) is 11.2. The van der Waals surface area contributed by atoms with Gasteiger partial charge in [0.05, 0.1) is 0 Å². The molecule has 2 aromatic rings. The highest BCUT2D eigenvalue weighted by Crippen LogP contribution is 2.17. The summed E-state index contributed by atoms with van der Waals surface area (Å²) in [7, 11) is 0. The molecule has 2 aliphatic rings. The van der Waals surface area contributed by atoms with Crippen LogP contribution in [0.4, 0.5) is 0 Å². The highest BCUT2D eigenvalue weighted by Gasteiger charge is 2.28. The molecule has 0 spiro atoms. The Hall–Kier alpha value is -1.03. The maximum atomic E-state index is 12.2. The van der Waals surface area contributed by atoms with Crippen LogP contribution in [0.2, 0.25) is 10.0 Å². The van der Waals surface area contributed by atoms with Gasteiger partial charge in [0, 0.05) is 82.0 Å². The monoisotopic (exact) mass is 524 g/mol. The van der Waals surface area contributed by atoms with Crippen molar-refractivity contribution in [3.63, 3.8) is 0 Å². The molecule has 2 aliphatic heterocycles. The van der Waals surface area contributed by atoms with Crippen molar-refractivity contribution in [1.29, 1.82) is 0 Å². The first kappa shape index (κ1) is 26.0. The van der Waals surface area contributed by atoms with Crippen molar-refractivity contribution in [2.24, 2.45) is 0 Å². The zero-order chi connectivity index (χ0) is 23.9. The van der Waals surface area contributed by atoms with Crippen molar-refractivity contribution in [1.82, 2.24) is 19.6 Å². The lowest BCUT2D eigenvalue weighted by molar-refractivity contribution is 0.0951. The number of hydrogen-bond acceptors (Lipinski definition) is 5. The van der Waals surface area contributed by atoms with Gasteiger partial charge < -0.3 is 9.45 Å². The summed E-state index contributed by atoms with van der Waals surface area (Å²) in [6, 6.07) is 16.0. The molecule has 2 heterocycles. The maximum absolute atomic E-state index is 12.2. The van der Waals surface area contributed by atoms with Crippen molar-refractivity contribution in [2.75, 3.05) is 58.9 Å². The molecule has 2 unspecified atom stereocenters. The lowest BCUT2D eigenvalue weighted by atomic mass is 10.2. The van der Waals surface area contributed by atoms with Crippen LogP contribution in [0.3, 0.4) is 0 Å². The Labute approximate surface area is 215 Å². The van der Waals surface area contributed by atoms with Gasteiger partial charge in [0.1, 0.15) is 5.37 Å². The maximum Gasteiger partial charge on any atom is 0.170 e. The summed E-state index contributed by atoms with van der Waals surface area (Å²) < 4.78 is 22.2. The van der Waals surface area contributed by atoms with Crippen LogP contribution in [0.15, 0.2) is 48.5 Å². The third-order valence-electron chi connectivity index (χ3n) is 6.84. The van der Waals surface area contributed by atoms with E-state index in [1.807, 2.05) is 24.3 Å². The van der Waals surface area contributed by atoms with Crippen LogP contribution in [-0.2, 0) is 24.2 Å². The number of halogens is 2. The van der Waals surface area contributed by atoms with Crippen LogP contribution in [0.1, 0.15) is 17.5 Å². The Balaban J connectivity index is 1.18. The van der Waals surface area contributed by atoms with E-state index in [4.69, 9.17) is 23.2 Å². The van der Waals surface area contributed by atoms with Crippen molar-refractivity contribution in [2.45, 2.75) is 24.9 Å². The van der Waals surface area contributed by atoms with E-state index in [1.165, 1.54) is 11.1 Å². The van der Waals surface area contributed by atoms with Crippen LogP contribution in [0.5, 0.6) is 0 Å². The zero-order valence-electron chi connectivity index (χ0n) is 19.5. The second-order valence-electron chi connectivity index (χ2n) is 9.20. The quantitative estimate of drug-likeness (QED) is 0.502. The average Bonchev–Trinajstić information content (AvgIpc) is 2.84. The van der Waals surface area contributed by atoms with Gasteiger partial charge in [0.2, 0.25) is 0 Å². The van der Waals surface area contributed by atoms with Gasteiger partial charge in [-0.3, -0.25) is 14.7 Å². The Morgan fingerprint density at radius 2 is 1.12 bits per heavy atom. The summed E-state index contributed by atoms with van der Waals surface area (Å²) in [5, 5.41) is 1.22. The van der Waals surface area contributed by atoms with E-state index in [1.54, 1.807) is 0 Å².